The number of hydrogen-bond donors (Lipinski definition) is 2. The van der Waals surface area contributed by atoms with Gasteiger partial charge >= 0.3 is 0 Å². The number of aromatic nitrogens is 2. The lowest BCUT2D eigenvalue weighted by molar-refractivity contribution is 0.0946. The molecule has 0 bridgehead atoms. The molecule has 8 heteroatoms. The molecule has 3 aromatic rings. The number of nitrogens with one attached hydrogen (secondary N) is 2. The lowest BCUT2D eigenvalue weighted by Gasteiger charge is -2.08. The van der Waals surface area contributed by atoms with Crippen molar-refractivity contribution in [1.82, 2.24) is 15.3 Å². The summed E-state index contributed by atoms with van der Waals surface area (Å²) < 4.78 is 26.1. The summed E-state index contributed by atoms with van der Waals surface area (Å²) in [6.45, 7) is 0.236. The van der Waals surface area contributed by atoms with Crippen LogP contribution in [0.3, 0.4) is 0 Å². The van der Waals surface area contributed by atoms with Gasteiger partial charge in [0, 0.05) is 18.3 Å². The second kappa shape index (κ2) is 7.88. The maximum absolute atomic E-state index is 13.2. The molecule has 0 radical (unpaired) electrons. The Bertz CT molecular complexity index is 935. The van der Waals surface area contributed by atoms with E-state index >= 15 is 0 Å². The molecule has 132 valence electrons. The van der Waals surface area contributed by atoms with E-state index in [2.05, 4.69) is 20.6 Å². The van der Waals surface area contributed by atoms with E-state index in [1.165, 1.54) is 42.7 Å². The number of rotatable bonds is 5. The molecule has 0 atom stereocenters. The third-order valence-electron chi connectivity index (χ3n) is 3.46. The normalized spacial score (nSPS) is 10.4. The SMILES string of the molecule is O=C(NCc1ccc(F)cc1)c1cc(Nc2ccc(F)c(Cl)c2)ncn1. The van der Waals surface area contributed by atoms with E-state index in [1.807, 2.05) is 0 Å². The summed E-state index contributed by atoms with van der Waals surface area (Å²) in [4.78, 5) is 20.2. The van der Waals surface area contributed by atoms with Crippen LogP contribution in [0.25, 0.3) is 0 Å². The van der Waals surface area contributed by atoms with Gasteiger partial charge < -0.3 is 10.6 Å². The van der Waals surface area contributed by atoms with Gasteiger partial charge in [-0.2, -0.15) is 0 Å². The zero-order chi connectivity index (χ0) is 18.5. The van der Waals surface area contributed by atoms with Gasteiger partial charge in [-0.05, 0) is 35.9 Å². The zero-order valence-corrected chi connectivity index (χ0v) is 14.1. The van der Waals surface area contributed by atoms with Gasteiger partial charge in [0.05, 0.1) is 5.02 Å². The van der Waals surface area contributed by atoms with Crippen LogP contribution in [0.15, 0.2) is 54.9 Å². The van der Waals surface area contributed by atoms with Gasteiger partial charge in [-0.15, -0.1) is 0 Å². The Balaban J connectivity index is 1.66. The average Bonchev–Trinajstić information content (AvgIpc) is 2.64. The molecule has 1 heterocycles. The third-order valence-corrected chi connectivity index (χ3v) is 3.75. The van der Waals surface area contributed by atoms with E-state index in [0.29, 0.717) is 11.5 Å². The Kier molecular flexibility index (Phi) is 5.38. The Labute approximate surface area is 153 Å². The molecule has 0 aliphatic heterocycles. The van der Waals surface area contributed by atoms with Crippen molar-refractivity contribution in [1.29, 1.82) is 0 Å². The molecule has 2 aromatic carbocycles. The Hall–Kier alpha value is -3.06. The molecule has 26 heavy (non-hydrogen) atoms. The number of carbonyl (C=O) groups excluding carboxylic acids is 1. The second-order valence-electron chi connectivity index (χ2n) is 5.35. The summed E-state index contributed by atoms with van der Waals surface area (Å²) in [6, 6.07) is 11.4. The van der Waals surface area contributed by atoms with Crippen molar-refractivity contribution in [2.75, 3.05) is 5.32 Å². The zero-order valence-electron chi connectivity index (χ0n) is 13.3. The molecule has 2 N–H and O–H groups in total. The van der Waals surface area contributed by atoms with Gasteiger partial charge in [0.2, 0.25) is 0 Å². The first-order chi connectivity index (χ1) is 12.5. The van der Waals surface area contributed by atoms with Crippen LogP contribution in [0, 0.1) is 11.6 Å². The topological polar surface area (TPSA) is 66.9 Å². The fraction of sp³-hybridized carbons (Fsp3) is 0.0556. The van der Waals surface area contributed by atoms with Crippen LogP contribution in [-0.4, -0.2) is 15.9 Å². The Morgan fingerprint density at radius 3 is 2.54 bits per heavy atom. The number of carbonyl (C=O) groups is 1. The molecule has 3 rings (SSSR count). The van der Waals surface area contributed by atoms with Crippen molar-refractivity contribution < 1.29 is 13.6 Å². The van der Waals surface area contributed by atoms with Crippen molar-refractivity contribution in [3.63, 3.8) is 0 Å². The molecule has 0 spiro atoms. The molecule has 0 aliphatic rings. The number of halogens is 3. The summed E-state index contributed by atoms with van der Waals surface area (Å²) in [5.74, 6) is -0.917. The molecule has 0 saturated carbocycles. The summed E-state index contributed by atoms with van der Waals surface area (Å²) >= 11 is 5.74. The minimum absolute atomic E-state index is 0.0266. The quantitative estimate of drug-likeness (QED) is 0.706. The van der Waals surface area contributed by atoms with Crippen LogP contribution in [-0.2, 0) is 6.54 Å². The smallest absolute Gasteiger partial charge is 0.270 e. The first-order valence-electron chi connectivity index (χ1n) is 7.58. The number of nitrogens with zero attached hydrogens (tertiary/aromatic N) is 2. The first kappa shape index (κ1) is 17.8. The summed E-state index contributed by atoms with van der Waals surface area (Å²) in [5, 5.41) is 5.59. The molecule has 0 unspecified atom stereocenters. The van der Waals surface area contributed by atoms with Crippen molar-refractivity contribution in [2.45, 2.75) is 6.54 Å². The van der Waals surface area contributed by atoms with Crippen molar-refractivity contribution in [3.8, 4) is 0 Å². The number of hydrogen-bond acceptors (Lipinski definition) is 4. The fourth-order valence-electron chi connectivity index (χ4n) is 2.15. The minimum atomic E-state index is -0.527. The van der Waals surface area contributed by atoms with Gasteiger partial charge in [0.1, 0.15) is 29.5 Å². The van der Waals surface area contributed by atoms with Gasteiger partial charge in [-0.25, -0.2) is 18.7 Å². The summed E-state index contributed by atoms with van der Waals surface area (Å²) in [5.41, 5.74) is 1.43. The maximum Gasteiger partial charge on any atom is 0.270 e. The van der Waals surface area contributed by atoms with Gasteiger partial charge in [0.15, 0.2) is 0 Å². The second-order valence-corrected chi connectivity index (χ2v) is 5.76. The van der Waals surface area contributed by atoms with Crippen LogP contribution in [0.2, 0.25) is 5.02 Å². The number of amides is 1. The van der Waals surface area contributed by atoms with E-state index in [9.17, 15) is 13.6 Å². The van der Waals surface area contributed by atoms with Crippen molar-refractivity contribution >= 4 is 29.0 Å². The van der Waals surface area contributed by atoms with Crippen LogP contribution < -0.4 is 10.6 Å². The highest BCUT2D eigenvalue weighted by atomic mass is 35.5. The molecule has 1 amide bonds. The Morgan fingerprint density at radius 1 is 1.04 bits per heavy atom. The van der Waals surface area contributed by atoms with E-state index in [-0.39, 0.29) is 23.1 Å². The highest BCUT2D eigenvalue weighted by molar-refractivity contribution is 6.31. The molecular formula is C18H13ClF2N4O. The summed E-state index contributed by atoms with van der Waals surface area (Å²) in [6.07, 6.45) is 1.24. The fourth-order valence-corrected chi connectivity index (χ4v) is 2.33. The first-order valence-corrected chi connectivity index (χ1v) is 7.96. The highest BCUT2D eigenvalue weighted by Gasteiger charge is 2.09. The molecule has 5 nitrogen and oxygen atoms in total. The van der Waals surface area contributed by atoms with Crippen LogP contribution in [0.5, 0.6) is 0 Å². The van der Waals surface area contributed by atoms with E-state index < -0.39 is 11.7 Å². The molecule has 0 saturated heterocycles. The van der Waals surface area contributed by atoms with E-state index in [1.54, 1.807) is 12.1 Å². The van der Waals surface area contributed by atoms with E-state index in [4.69, 9.17) is 11.6 Å². The molecule has 0 fully saturated rings. The lowest BCUT2D eigenvalue weighted by Crippen LogP contribution is -2.24. The predicted molar refractivity (Wildman–Crippen MR) is 94.3 cm³/mol. The van der Waals surface area contributed by atoms with Crippen LogP contribution in [0.4, 0.5) is 20.3 Å². The Morgan fingerprint density at radius 2 is 1.81 bits per heavy atom. The maximum atomic E-state index is 13.2. The van der Waals surface area contributed by atoms with E-state index in [0.717, 1.165) is 5.56 Å². The van der Waals surface area contributed by atoms with Crippen molar-refractivity contribution in [2.24, 2.45) is 0 Å². The monoisotopic (exact) mass is 374 g/mol. The van der Waals surface area contributed by atoms with Gasteiger partial charge in [-0.3, -0.25) is 4.79 Å². The lowest BCUT2D eigenvalue weighted by atomic mass is 10.2. The standard InChI is InChI=1S/C18H13ClF2N4O/c19-14-7-13(5-6-15(14)21)25-17-8-16(23-10-24-17)18(26)22-9-11-1-3-12(20)4-2-11/h1-8,10H,9H2,(H,22,26)(H,23,24,25). The summed E-state index contributed by atoms with van der Waals surface area (Å²) in [7, 11) is 0. The number of benzene rings is 2. The highest BCUT2D eigenvalue weighted by Crippen LogP contribution is 2.22. The predicted octanol–water partition coefficient (Wildman–Crippen LogP) is 4.08. The molecular weight excluding hydrogens is 362 g/mol. The largest absolute Gasteiger partial charge is 0.347 e. The molecule has 1 aromatic heterocycles. The van der Waals surface area contributed by atoms with Gasteiger partial charge in [-0.1, -0.05) is 23.7 Å². The van der Waals surface area contributed by atoms with Crippen LogP contribution >= 0.6 is 11.6 Å². The average molecular weight is 375 g/mol. The minimum Gasteiger partial charge on any atom is -0.347 e. The third kappa shape index (κ3) is 4.52. The van der Waals surface area contributed by atoms with Crippen LogP contribution in [0.1, 0.15) is 16.1 Å². The molecule has 0 aliphatic carbocycles. The van der Waals surface area contributed by atoms with Crippen molar-refractivity contribution in [3.05, 3.63) is 82.8 Å². The number of anilines is 2. The van der Waals surface area contributed by atoms with Gasteiger partial charge in [0.25, 0.3) is 5.91 Å².